The summed E-state index contributed by atoms with van der Waals surface area (Å²) in [6.07, 6.45) is 4.58. The van der Waals surface area contributed by atoms with Gasteiger partial charge in [-0.05, 0) is 24.3 Å². The zero-order valence-corrected chi connectivity index (χ0v) is 11.4. The first-order chi connectivity index (χ1) is 8.60. The number of thioether (sulfide) groups is 1. The molecule has 0 bridgehead atoms. The van der Waals surface area contributed by atoms with Crippen molar-refractivity contribution in [2.45, 2.75) is 26.2 Å². The lowest BCUT2D eigenvalue weighted by Gasteiger charge is -1.91. The van der Waals surface area contributed by atoms with Crippen molar-refractivity contribution in [3.05, 3.63) is 21.6 Å². The molecule has 5 nitrogen and oxygen atoms in total. The van der Waals surface area contributed by atoms with Crippen LogP contribution >= 0.6 is 23.4 Å². The fourth-order valence-electron chi connectivity index (χ4n) is 1.54. The summed E-state index contributed by atoms with van der Waals surface area (Å²) in [5.74, 6) is 0.548. The number of aromatic nitrogens is 2. The van der Waals surface area contributed by atoms with Gasteiger partial charge in [0.25, 0.3) is 5.91 Å². The number of nitrogens with one attached hydrogen (secondary N) is 3. The number of carbonyl (C=O) groups is 1. The summed E-state index contributed by atoms with van der Waals surface area (Å²) in [5, 5.41) is 10.3. The molecule has 1 aliphatic heterocycles. The van der Waals surface area contributed by atoms with Crippen molar-refractivity contribution in [3.8, 4) is 0 Å². The van der Waals surface area contributed by atoms with Gasteiger partial charge in [-0.1, -0.05) is 24.9 Å². The minimum atomic E-state index is -0.279. The van der Waals surface area contributed by atoms with Crippen LogP contribution in [0.25, 0.3) is 6.08 Å². The molecular weight excluding hydrogens is 272 g/mol. The van der Waals surface area contributed by atoms with Gasteiger partial charge in [-0.25, -0.2) is 4.98 Å². The highest BCUT2D eigenvalue weighted by atomic mass is 35.5. The Morgan fingerprint density at radius 2 is 2.33 bits per heavy atom. The van der Waals surface area contributed by atoms with Gasteiger partial charge in [0, 0.05) is 6.42 Å². The minimum absolute atomic E-state index is 0.129. The molecule has 1 saturated heterocycles. The lowest BCUT2D eigenvalue weighted by atomic mass is 10.2. The highest BCUT2D eigenvalue weighted by Gasteiger charge is 2.23. The van der Waals surface area contributed by atoms with Gasteiger partial charge >= 0.3 is 0 Å². The largest absolute Gasteiger partial charge is 0.333 e. The second-order valence-electron chi connectivity index (χ2n) is 3.88. The predicted molar refractivity (Wildman–Crippen MR) is 73.6 cm³/mol. The molecule has 1 aromatic rings. The van der Waals surface area contributed by atoms with E-state index in [1.807, 2.05) is 0 Å². The SMILES string of the molecule is CCCCc1nc(C=C2SC(=N)NC2=O)c(Cl)[nH]1. The Hall–Kier alpha value is -1.27. The van der Waals surface area contributed by atoms with E-state index in [9.17, 15) is 4.79 Å². The highest BCUT2D eigenvalue weighted by Crippen LogP contribution is 2.26. The predicted octanol–water partition coefficient (Wildman–Crippen LogP) is 2.54. The smallest absolute Gasteiger partial charge is 0.264 e. The summed E-state index contributed by atoms with van der Waals surface area (Å²) < 4.78 is 0. The molecule has 2 heterocycles. The van der Waals surface area contributed by atoms with E-state index in [-0.39, 0.29) is 11.1 Å². The summed E-state index contributed by atoms with van der Waals surface area (Å²) in [6.45, 7) is 2.11. The molecule has 0 aliphatic carbocycles. The third kappa shape index (κ3) is 2.94. The van der Waals surface area contributed by atoms with Gasteiger partial charge in [-0.3, -0.25) is 10.2 Å². The van der Waals surface area contributed by atoms with E-state index in [0.717, 1.165) is 36.8 Å². The molecular formula is C11H13ClN4OS. The fourth-order valence-corrected chi connectivity index (χ4v) is 2.42. The van der Waals surface area contributed by atoms with Crippen LogP contribution in [0, 0.1) is 5.41 Å². The second-order valence-corrected chi connectivity index (χ2v) is 5.31. The van der Waals surface area contributed by atoms with Gasteiger partial charge in [0.15, 0.2) is 5.17 Å². The Kier molecular flexibility index (Phi) is 4.08. The molecule has 0 aromatic carbocycles. The van der Waals surface area contributed by atoms with Gasteiger partial charge in [0.05, 0.1) is 4.91 Å². The standard InChI is InChI=1S/C11H13ClN4OS/c1-2-3-4-8-14-6(9(12)15-8)5-7-10(17)16-11(13)18-7/h5H,2-4H2,1H3,(H,14,15)(H2,13,16,17). The molecule has 96 valence electrons. The summed E-state index contributed by atoms with van der Waals surface area (Å²) >= 11 is 7.10. The van der Waals surface area contributed by atoms with Crippen LogP contribution in [-0.4, -0.2) is 21.0 Å². The van der Waals surface area contributed by atoms with Crippen molar-refractivity contribution < 1.29 is 4.79 Å². The first kappa shape index (κ1) is 13.2. The van der Waals surface area contributed by atoms with Crippen LogP contribution in [0.5, 0.6) is 0 Å². The lowest BCUT2D eigenvalue weighted by molar-refractivity contribution is -0.115. The molecule has 3 N–H and O–H groups in total. The number of rotatable bonds is 4. The van der Waals surface area contributed by atoms with E-state index in [1.54, 1.807) is 6.08 Å². The number of hydrogen-bond donors (Lipinski definition) is 3. The lowest BCUT2D eigenvalue weighted by Crippen LogP contribution is -2.18. The number of H-pyrrole nitrogens is 1. The number of hydrogen-bond acceptors (Lipinski definition) is 4. The zero-order valence-electron chi connectivity index (χ0n) is 9.84. The number of amides is 1. The van der Waals surface area contributed by atoms with E-state index >= 15 is 0 Å². The normalized spacial score (nSPS) is 17.6. The average Bonchev–Trinajstić information content (AvgIpc) is 2.81. The number of aryl methyl sites for hydroxylation is 1. The van der Waals surface area contributed by atoms with Crippen LogP contribution in [-0.2, 0) is 11.2 Å². The summed E-state index contributed by atoms with van der Waals surface area (Å²) in [4.78, 5) is 19.2. The molecule has 0 radical (unpaired) electrons. The van der Waals surface area contributed by atoms with Crippen molar-refractivity contribution in [3.63, 3.8) is 0 Å². The summed E-state index contributed by atoms with van der Waals surface area (Å²) in [7, 11) is 0. The molecule has 1 aromatic heterocycles. The van der Waals surface area contributed by atoms with Crippen LogP contribution in [0.15, 0.2) is 4.91 Å². The molecule has 1 aliphatic rings. The van der Waals surface area contributed by atoms with Gasteiger partial charge in [0.2, 0.25) is 0 Å². The monoisotopic (exact) mass is 284 g/mol. The Morgan fingerprint density at radius 1 is 1.56 bits per heavy atom. The number of amidine groups is 1. The molecule has 0 unspecified atom stereocenters. The number of nitrogens with zero attached hydrogens (tertiary/aromatic N) is 1. The summed E-state index contributed by atoms with van der Waals surface area (Å²) in [5.41, 5.74) is 0.551. The third-order valence-corrected chi connectivity index (χ3v) is 3.55. The Morgan fingerprint density at radius 3 is 2.94 bits per heavy atom. The molecule has 2 rings (SSSR count). The molecule has 0 atom stereocenters. The topological polar surface area (TPSA) is 81.6 Å². The number of imidazole rings is 1. The Bertz CT molecular complexity index is 523. The number of carbonyl (C=O) groups excluding carboxylic acids is 1. The van der Waals surface area contributed by atoms with Crippen LogP contribution in [0.1, 0.15) is 31.3 Å². The van der Waals surface area contributed by atoms with Crippen LogP contribution in [0.2, 0.25) is 5.15 Å². The molecule has 1 fully saturated rings. The van der Waals surface area contributed by atoms with Gasteiger partial charge in [-0.2, -0.15) is 0 Å². The third-order valence-electron chi connectivity index (χ3n) is 2.43. The molecule has 18 heavy (non-hydrogen) atoms. The quantitative estimate of drug-likeness (QED) is 0.743. The zero-order chi connectivity index (χ0) is 13.1. The number of aromatic amines is 1. The van der Waals surface area contributed by atoms with Gasteiger partial charge in [-0.15, -0.1) is 0 Å². The number of unbranched alkanes of at least 4 members (excludes halogenated alkanes) is 1. The van der Waals surface area contributed by atoms with Crippen molar-refractivity contribution in [2.75, 3.05) is 0 Å². The van der Waals surface area contributed by atoms with Crippen molar-refractivity contribution >= 4 is 40.5 Å². The van der Waals surface area contributed by atoms with E-state index in [4.69, 9.17) is 17.0 Å². The van der Waals surface area contributed by atoms with Crippen molar-refractivity contribution in [2.24, 2.45) is 0 Å². The van der Waals surface area contributed by atoms with E-state index < -0.39 is 0 Å². The molecule has 0 saturated carbocycles. The maximum atomic E-state index is 11.5. The van der Waals surface area contributed by atoms with Crippen molar-refractivity contribution in [1.29, 1.82) is 5.41 Å². The van der Waals surface area contributed by atoms with E-state index in [0.29, 0.717) is 15.8 Å². The fraction of sp³-hybridized carbons (Fsp3) is 0.364. The summed E-state index contributed by atoms with van der Waals surface area (Å²) in [6, 6.07) is 0. The van der Waals surface area contributed by atoms with Gasteiger partial charge in [0.1, 0.15) is 16.7 Å². The Balaban J connectivity index is 2.18. The molecule has 1 amide bonds. The highest BCUT2D eigenvalue weighted by molar-refractivity contribution is 8.18. The van der Waals surface area contributed by atoms with Crippen molar-refractivity contribution in [1.82, 2.24) is 15.3 Å². The second kappa shape index (κ2) is 5.58. The first-order valence-electron chi connectivity index (χ1n) is 5.64. The minimum Gasteiger partial charge on any atom is -0.333 e. The Labute approximate surface area is 114 Å². The molecule has 7 heteroatoms. The maximum absolute atomic E-state index is 11.5. The average molecular weight is 285 g/mol. The number of halogens is 1. The van der Waals surface area contributed by atoms with Crippen LogP contribution in [0.3, 0.4) is 0 Å². The van der Waals surface area contributed by atoms with Crippen LogP contribution in [0.4, 0.5) is 0 Å². The van der Waals surface area contributed by atoms with E-state index in [1.165, 1.54) is 0 Å². The molecule has 0 spiro atoms. The van der Waals surface area contributed by atoms with Crippen LogP contribution < -0.4 is 5.32 Å². The van der Waals surface area contributed by atoms with E-state index in [2.05, 4.69) is 22.2 Å². The van der Waals surface area contributed by atoms with Gasteiger partial charge < -0.3 is 10.3 Å². The first-order valence-corrected chi connectivity index (χ1v) is 6.83. The maximum Gasteiger partial charge on any atom is 0.264 e.